The molecule has 0 amide bonds. The second-order valence-corrected chi connectivity index (χ2v) is 5.09. The number of aliphatic imine (C=N–C) groups is 1. The quantitative estimate of drug-likeness (QED) is 0.255. The van der Waals surface area contributed by atoms with Crippen LogP contribution in [0.1, 0.15) is 0 Å². The first kappa shape index (κ1) is 16.4. The minimum atomic E-state index is -1.59. The number of hydrogen-bond donors (Lipinski definition) is 8. The molecule has 0 aromatic rings. The van der Waals surface area contributed by atoms with Gasteiger partial charge in [0.15, 0.2) is 12.2 Å². The summed E-state index contributed by atoms with van der Waals surface area (Å²) in [6.45, 7) is -0.743. The predicted octanol–water partition coefficient (Wildman–Crippen LogP) is -4.94. The second kappa shape index (κ2) is 6.83. The number of guanidine groups is 1. The molecular weight excluding hydrogens is 286 g/mol. The molecule has 0 bridgehead atoms. The van der Waals surface area contributed by atoms with Gasteiger partial charge in [0.1, 0.15) is 18.3 Å². The van der Waals surface area contributed by atoms with E-state index < -0.39 is 49.4 Å². The molecule has 0 aliphatic carbocycles. The minimum absolute atomic E-state index is 0.0548. The maximum absolute atomic E-state index is 9.97. The fourth-order valence-corrected chi connectivity index (χ4v) is 2.32. The van der Waals surface area contributed by atoms with E-state index in [1.807, 2.05) is 0 Å². The molecule has 0 radical (unpaired) electrons. The Balaban J connectivity index is 2.06. The summed E-state index contributed by atoms with van der Waals surface area (Å²) in [6, 6.07) is -1.54. The van der Waals surface area contributed by atoms with E-state index in [0.717, 1.165) is 0 Å². The van der Waals surface area contributed by atoms with Gasteiger partial charge in [0.25, 0.3) is 0 Å². The fourth-order valence-electron chi connectivity index (χ4n) is 2.32. The number of hydrogen-bond acceptors (Lipinski definition) is 10. The summed E-state index contributed by atoms with van der Waals surface area (Å²) >= 11 is 0. The Labute approximate surface area is 120 Å². The molecule has 0 saturated carbocycles. The molecule has 0 unspecified atom stereocenters. The van der Waals surface area contributed by atoms with Crippen LogP contribution in [0.2, 0.25) is 0 Å². The van der Waals surface area contributed by atoms with Gasteiger partial charge in [0.05, 0.1) is 37.9 Å². The molecule has 2 heterocycles. The summed E-state index contributed by atoms with van der Waals surface area (Å²) in [5.41, 5.74) is 0. The highest BCUT2D eigenvalue weighted by Gasteiger charge is 2.44. The molecule has 122 valence electrons. The number of nitrogens with one attached hydrogen (secondary N) is 2. The Morgan fingerprint density at radius 1 is 1.14 bits per heavy atom. The second-order valence-electron chi connectivity index (χ2n) is 5.09. The topological polar surface area (TPSA) is 167 Å². The van der Waals surface area contributed by atoms with Crippen molar-refractivity contribution in [3.63, 3.8) is 0 Å². The normalized spacial score (nSPS) is 43.9. The van der Waals surface area contributed by atoms with Crippen LogP contribution in [0.25, 0.3) is 0 Å². The molecule has 1 fully saturated rings. The molecule has 7 atom stereocenters. The summed E-state index contributed by atoms with van der Waals surface area (Å²) in [5.74, 6) is 0.189. The van der Waals surface area contributed by atoms with Gasteiger partial charge in [-0.2, -0.15) is 0 Å². The van der Waals surface area contributed by atoms with E-state index in [4.69, 9.17) is 9.84 Å². The molecule has 2 aliphatic rings. The van der Waals surface area contributed by atoms with E-state index in [1.54, 1.807) is 0 Å². The van der Waals surface area contributed by atoms with Gasteiger partial charge < -0.3 is 46.0 Å². The first-order valence-electron chi connectivity index (χ1n) is 6.65. The van der Waals surface area contributed by atoms with Crippen molar-refractivity contribution < 1.29 is 35.4 Å². The monoisotopic (exact) mass is 307 g/mol. The van der Waals surface area contributed by atoms with E-state index in [1.165, 1.54) is 0 Å². The first-order valence-corrected chi connectivity index (χ1v) is 6.65. The van der Waals surface area contributed by atoms with Gasteiger partial charge in [-0.15, -0.1) is 0 Å². The number of aliphatic hydroxyl groups excluding tert-OH is 6. The first-order chi connectivity index (χ1) is 9.97. The lowest BCUT2D eigenvalue weighted by atomic mass is 9.96. The Morgan fingerprint density at radius 2 is 1.86 bits per heavy atom. The zero-order valence-corrected chi connectivity index (χ0v) is 11.2. The summed E-state index contributed by atoms with van der Waals surface area (Å²) in [5, 5.41) is 62.4. The van der Waals surface area contributed by atoms with E-state index in [2.05, 4.69) is 15.6 Å². The van der Waals surface area contributed by atoms with Crippen LogP contribution in [-0.2, 0) is 4.74 Å². The maximum Gasteiger partial charge on any atom is 0.192 e. The largest absolute Gasteiger partial charge is 0.394 e. The lowest BCUT2D eigenvalue weighted by molar-refractivity contribution is -0.260. The van der Waals surface area contributed by atoms with Crippen molar-refractivity contribution >= 4 is 5.96 Å². The average molecular weight is 307 g/mol. The molecule has 0 spiro atoms. The van der Waals surface area contributed by atoms with Crippen LogP contribution in [-0.4, -0.2) is 99.1 Å². The van der Waals surface area contributed by atoms with Crippen molar-refractivity contribution in [2.75, 3.05) is 19.8 Å². The highest BCUT2D eigenvalue weighted by atomic mass is 16.6. The van der Waals surface area contributed by atoms with Gasteiger partial charge in [-0.1, -0.05) is 0 Å². The summed E-state index contributed by atoms with van der Waals surface area (Å²) in [7, 11) is 0. The third-order valence-corrected chi connectivity index (χ3v) is 3.63. The van der Waals surface area contributed by atoms with Crippen molar-refractivity contribution in [1.82, 2.24) is 10.6 Å². The SMILES string of the molecule is OC[C@H]1NC(N[C@H]2[C@H](O)[C@@H](O)[C@H](O)O[C@@H]2CO)=NC[C@H]1O. The van der Waals surface area contributed by atoms with Gasteiger partial charge in [-0.3, -0.25) is 4.99 Å². The highest BCUT2D eigenvalue weighted by Crippen LogP contribution is 2.19. The third-order valence-electron chi connectivity index (χ3n) is 3.63. The third kappa shape index (κ3) is 3.43. The van der Waals surface area contributed by atoms with Crippen LogP contribution >= 0.6 is 0 Å². The van der Waals surface area contributed by atoms with Crippen molar-refractivity contribution in [3.8, 4) is 0 Å². The molecule has 2 rings (SSSR count). The van der Waals surface area contributed by atoms with Crippen LogP contribution < -0.4 is 10.6 Å². The molecule has 8 N–H and O–H groups in total. The zero-order chi connectivity index (χ0) is 15.6. The fraction of sp³-hybridized carbons (Fsp3) is 0.909. The van der Waals surface area contributed by atoms with Crippen molar-refractivity contribution in [1.29, 1.82) is 0 Å². The molecule has 10 nitrogen and oxygen atoms in total. The standard InChI is InChI=1S/C11H21N3O7/c15-2-4-5(17)1-12-11(13-4)14-7-6(3-16)21-10(20)9(19)8(7)18/h4-10,15-20H,1-3H2,(H2,12,13,14)/t4-,5-,6-,7-,8+,9-,10-/m1/s1. The summed E-state index contributed by atoms with van der Waals surface area (Å²) in [4.78, 5) is 3.99. The molecule has 10 heteroatoms. The molecule has 2 aliphatic heterocycles. The zero-order valence-electron chi connectivity index (χ0n) is 11.2. The summed E-state index contributed by atoms with van der Waals surface area (Å²) in [6.07, 6.45) is -6.32. The van der Waals surface area contributed by atoms with Crippen LogP contribution in [0, 0.1) is 0 Å². The van der Waals surface area contributed by atoms with Crippen LogP contribution in [0.5, 0.6) is 0 Å². The van der Waals surface area contributed by atoms with E-state index in [9.17, 15) is 25.5 Å². The average Bonchev–Trinajstić information content (AvgIpc) is 2.49. The van der Waals surface area contributed by atoms with Gasteiger partial charge >= 0.3 is 0 Å². The van der Waals surface area contributed by atoms with Crippen LogP contribution in [0.3, 0.4) is 0 Å². The number of rotatable bonds is 3. The Morgan fingerprint density at radius 3 is 2.48 bits per heavy atom. The lowest BCUT2D eigenvalue weighted by Gasteiger charge is -2.41. The Kier molecular flexibility index (Phi) is 5.32. The number of nitrogens with zero attached hydrogens (tertiary/aromatic N) is 1. The Bertz CT molecular complexity index is 381. The van der Waals surface area contributed by atoms with E-state index in [0.29, 0.717) is 0 Å². The van der Waals surface area contributed by atoms with Gasteiger partial charge in [0.2, 0.25) is 0 Å². The lowest BCUT2D eigenvalue weighted by Crippen LogP contribution is -2.67. The smallest absolute Gasteiger partial charge is 0.192 e. The predicted molar refractivity (Wildman–Crippen MR) is 69.2 cm³/mol. The van der Waals surface area contributed by atoms with E-state index in [-0.39, 0.29) is 19.1 Å². The maximum atomic E-state index is 9.97. The number of ether oxygens (including phenoxy) is 1. The van der Waals surface area contributed by atoms with E-state index >= 15 is 0 Å². The highest BCUT2D eigenvalue weighted by molar-refractivity contribution is 5.81. The van der Waals surface area contributed by atoms with Crippen LogP contribution in [0.4, 0.5) is 0 Å². The summed E-state index contributed by atoms with van der Waals surface area (Å²) < 4.78 is 5.00. The van der Waals surface area contributed by atoms with Crippen molar-refractivity contribution in [3.05, 3.63) is 0 Å². The minimum Gasteiger partial charge on any atom is -0.394 e. The molecule has 21 heavy (non-hydrogen) atoms. The molecule has 1 saturated heterocycles. The van der Waals surface area contributed by atoms with Crippen molar-refractivity contribution in [2.45, 2.75) is 42.8 Å². The Hall–Kier alpha value is -1.01. The molecule has 0 aromatic carbocycles. The van der Waals surface area contributed by atoms with Gasteiger partial charge in [-0.05, 0) is 0 Å². The molecular formula is C11H21N3O7. The van der Waals surface area contributed by atoms with Crippen LogP contribution in [0.15, 0.2) is 4.99 Å². The van der Waals surface area contributed by atoms with Gasteiger partial charge in [0, 0.05) is 0 Å². The van der Waals surface area contributed by atoms with Gasteiger partial charge in [-0.25, -0.2) is 0 Å². The van der Waals surface area contributed by atoms with Crippen molar-refractivity contribution in [2.24, 2.45) is 4.99 Å². The molecule has 0 aromatic heterocycles. The number of aliphatic hydroxyl groups is 6.